The van der Waals surface area contributed by atoms with Gasteiger partial charge in [-0.1, -0.05) is 6.42 Å². The van der Waals surface area contributed by atoms with Crippen molar-refractivity contribution in [3.63, 3.8) is 0 Å². The fourth-order valence-corrected chi connectivity index (χ4v) is 6.53. The number of pyridine rings is 2. The van der Waals surface area contributed by atoms with Crippen LogP contribution >= 0.6 is 0 Å². The zero-order valence-electron chi connectivity index (χ0n) is 17.6. The number of H-pyrrole nitrogens is 1. The molecule has 2 aromatic heterocycles. The average Bonchev–Trinajstić information content (AvgIpc) is 2.71. The highest BCUT2D eigenvalue weighted by atomic mass is 19.3. The van der Waals surface area contributed by atoms with Crippen molar-refractivity contribution in [2.45, 2.75) is 76.0 Å². The minimum Gasteiger partial charge on any atom is -0.364 e. The van der Waals surface area contributed by atoms with Crippen LogP contribution in [0, 0.1) is 17.3 Å². The molecular weight excluding hydrogens is 400 g/mol. The molecule has 5 nitrogen and oxygen atoms in total. The Morgan fingerprint density at radius 1 is 1.13 bits per heavy atom. The van der Waals surface area contributed by atoms with Crippen LogP contribution in [0.3, 0.4) is 0 Å². The molecular formula is C24H29F2N3O2. The van der Waals surface area contributed by atoms with Crippen molar-refractivity contribution in [2.24, 2.45) is 23.0 Å². The number of carbonyl (C=O) groups is 1. The lowest BCUT2D eigenvalue weighted by Gasteiger charge is -2.52. The molecule has 5 rings (SSSR count). The van der Waals surface area contributed by atoms with E-state index in [9.17, 15) is 18.4 Å². The van der Waals surface area contributed by atoms with Crippen molar-refractivity contribution in [3.8, 4) is 0 Å². The lowest BCUT2D eigenvalue weighted by Crippen LogP contribution is -2.41. The fourth-order valence-electron chi connectivity index (χ4n) is 6.53. The van der Waals surface area contributed by atoms with Gasteiger partial charge in [0.1, 0.15) is 5.69 Å². The lowest BCUT2D eigenvalue weighted by molar-refractivity contribution is -0.0631. The smallest absolute Gasteiger partial charge is 0.268 e. The molecule has 2 heterocycles. The summed E-state index contributed by atoms with van der Waals surface area (Å²) in [6.45, 7) is 0. The number of fused-ring (bicyclic) bond motifs is 1. The molecule has 2 atom stereocenters. The van der Waals surface area contributed by atoms with Crippen LogP contribution in [0.2, 0.25) is 0 Å². The van der Waals surface area contributed by atoms with Gasteiger partial charge in [-0.25, -0.2) is 8.78 Å². The van der Waals surface area contributed by atoms with E-state index in [2.05, 4.69) is 9.97 Å². The van der Waals surface area contributed by atoms with Crippen molar-refractivity contribution >= 4 is 16.8 Å². The molecule has 0 aliphatic heterocycles. The number of carbonyl (C=O) groups excluding carboxylic acids is 1. The van der Waals surface area contributed by atoms with E-state index in [1.807, 2.05) is 0 Å². The van der Waals surface area contributed by atoms with Gasteiger partial charge >= 0.3 is 0 Å². The Balaban J connectivity index is 1.53. The molecule has 31 heavy (non-hydrogen) atoms. The van der Waals surface area contributed by atoms with E-state index in [1.165, 1.54) is 25.5 Å². The fraction of sp³-hybridized carbons (Fsp3) is 0.625. The first-order chi connectivity index (χ1) is 14.8. The van der Waals surface area contributed by atoms with Crippen LogP contribution < -0.4 is 11.2 Å². The maximum absolute atomic E-state index is 13.8. The van der Waals surface area contributed by atoms with Gasteiger partial charge in [0.15, 0.2) is 5.43 Å². The number of nitrogens with zero attached hydrogens (tertiary/aromatic N) is 1. The number of halogens is 2. The molecule has 1 spiro atoms. The number of alkyl halides is 2. The number of nitrogens with one attached hydrogen (secondary N) is 1. The highest BCUT2D eigenvalue weighted by Crippen LogP contribution is 2.59. The first-order valence-electron chi connectivity index (χ1n) is 11.5. The third-order valence-electron chi connectivity index (χ3n) is 8.36. The normalized spacial score (nSPS) is 27.8. The molecule has 3 aliphatic carbocycles. The topological polar surface area (TPSA) is 88.8 Å². The van der Waals surface area contributed by atoms with Gasteiger partial charge in [0.25, 0.3) is 5.91 Å². The van der Waals surface area contributed by atoms with E-state index >= 15 is 0 Å². The van der Waals surface area contributed by atoms with Gasteiger partial charge in [-0.2, -0.15) is 0 Å². The van der Waals surface area contributed by atoms with E-state index in [0.29, 0.717) is 29.7 Å². The van der Waals surface area contributed by atoms with Gasteiger partial charge in [-0.05, 0) is 68.3 Å². The summed E-state index contributed by atoms with van der Waals surface area (Å²) >= 11 is 0. The van der Waals surface area contributed by atoms with Crippen molar-refractivity contribution in [2.75, 3.05) is 0 Å². The Hall–Kier alpha value is -2.31. The molecule has 3 N–H and O–H groups in total. The summed E-state index contributed by atoms with van der Waals surface area (Å²) in [7, 11) is 0. The Kier molecular flexibility index (Phi) is 4.90. The zero-order valence-corrected chi connectivity index (χ0v) is 17.6. The summed E-state index contributed by atoms with van der Waals surface area (Å²) in [4.78, 5) is 32.2. The monoisotopic (exact) mass is 429 g/mol. The number of aromatic nitrogens is 2. The highest BCUT2D eigenvalue weighted by Gasteiger charge is 2.48. The number of primary amides is 1. The Bertz CT molecular complexity index is 1070. The van der Waals surface area contributed by atoms with Crippen molar-refractivity contribution in [3.05, 3.63) is 39.9 Å². The third kappa shape index (κ3) is 3.66. The first kappa shape index (κ1) is 20.6. The average molecular weight is 430 g/mol. The van der Waals surface area contributed by atoms with E-state index in [4.69, 9.17) is 5.73 Å². The standard InChI is InChI=1S/C24H29F2N3O2/c25-24(26)9-2-14(3-10-24)15-4-8-23(6-1-7-23)13-16(15)18-12-19(30)20-17(29-18)5-11-28-21(20)22(27)31/h5,11-12,14-16H,1-4,6-10,13H2,(H2,27,31)(H,29,30). The molecule has 0 bridgehead atoms. The SMILES string of the molecule is NC(=O)c1nccc2[nH]c(C3CC4(CCC4)CCC3C3CCC(F)(F)CC3)cc(=O)c12. The van der Waals surface area contributed by atoms with E-state index in [-0.39, 0.29) is 41.2 Å². The van der Waals surface area contributed by atoms with Crippen LogP contribution in [0.1, 0.15) is 86.3 Å². The highest BCUT2D eigenvalue weighted by molar-refractivity contribution is 6.03. The number of nitrogens with two attached hydrogens (primary N) is 1. The number of rotatable bonds is 3. The van der Waals surface area contributed by atoms with Gasteiger partial charge < -0.3 is 10.7 Å². The maximum atomic E-state index is 13.8. The molecule has 7 heteroatoms. The molecule has 3 saturated carbocycles. The summed E-state index contributed by atoms with van der Waals surface area (Å²) in [5, 5.41) is 0.224. The van der Waals surface area contributed by atoms with Gasteiger partial charge in [0, 0.05) is 36.7 Å². The maximum Gasteiger partial charge on any atom is 0.268 e. The summed E-state index contributed by atoms with van der Waals surface area (Å²) in [5.41, 5.74) is 6.91. The molecule has 166 valence electrons. The zero-order chi connectivity index (χ0) is 21.8. The van der Waals surface area contributed by atoms with Gasteiger partial charge in [0.2, 0.25) is 5.92 Å². The van der Waals surface area contributed by atoms with Crippen LogP contribution in [0.25, 0.3) is 10.9 Å². The quantitative estimate of drug-likeness (QED) is 0.727. The van der Waals surface area contributed by atoms with Crippen LogP contribution in [-0.2, 0) is 0 Å². The number of hydrogen-bond donors (Lipinski definition) is 2. The predicted octanol–water partition coefficient (Wildman–Crippen LogP) is 4.90. The van der Waals surface area contributed by atoms with Crippen molar-refractivity contribution in [1.82, 2.24) is 9.97 Å². The van der Waals surface area contributed by atoms with Crippen LogP contribution in [0.4, 0.5) is 8.78 Å². The molecule has 1 amide bonds. The Labute approximate surface area is 179 Å². The van der Waals surface area contributed by atoms with Crippen molar-refractivity contribution < 1.29 is 13.6 Å². The molecule has 3 aliphatic rings. The van der Waals surface area contributed by atoms with Crippen molar-refractivity contribution in [1.29, 1.82) is 0 Å². The molecule has 2 unspecified atom stereocenters. The Morgan fingerprint density at radius 3 is 2.52 bits per heavy atom. The third-order valence-corrected chi connectivity index (χ3v) is 8.36. The predicted molar refractivity (Wildman–Crippen MR) is 114 cm³/mol. The van der Waals surface area contributed by atoms with E-state index in [0.717, 1.165) is 25.0 Å². The second-order valence-electron chi connectivity index (χ2n) is 10.1. The summed E-state index contributed by atoms with van der Waals surface area (Å²) in [6.07, 6.45) is 9.38. The van der Waals surface area contributed by atoms with Gasteiger partial charge in [0.05, 0.1) is 10.9 Å². The lowest BCUT2D eigenvalue weighted by atomic mass is 9.53. The van der Waals surface area contributed by atoms with Crippen LogP contribution in [0.15, 0.2) is 23.1 Å². The summed E-state index contributed by atoms with van der Waals surface area (Å²) in [5.74, 6) is -2.55. The van der Waals surface area contributed by atoms with Gasteiger partial charge in [-0.15, -0.1) is 0 Å². The van der Waals surface area contributed by atoms with Gasteiger partial charge in [-0.3, -0.25) is 14.6 Å². The summed E-state index contributed by atoms with van der Waals surface area (Å²) < 4.78 is 27.6. The van der Waals surface area contributed by atoms with Crippen LogP contribution in [0.5, 0.6) is 0 Å². The number of hydrogen-bond acceptors (Lipinski definition) is 3. The molecule has 2 aromatic rings. The van der Waals surface area contributed by atoms with E-state index in [1.54, 1.807) is 12.1 Å². The molecule has 0 saturated heterocycles. The molecule has 0 aromatic carbocycles. The summed E-state index contributed by atoms with van der Waals surface area (Å²) in [6, 6.07) is 3.30. The van der Waals surface area contributed by atoms with E-state index < -0.39 is 11.8 Å². The second-order valence-corrected chi connectivity index (χ2v) is 10.1. The molecule has 3 fully saturated rings. The minimum absolute atomic E-state index is 0.0181. The number of aromatic amines is 1. The van der Waals surface area contributed by atoms with Crippen LogP contribution in [-0.4, -0.2) is 21.8 Å². The number of amides is 1. The molecule has 0 radical (unpaired) electrons. The largest absolute Gasteiger partial charge is 0.364 e. The second kappa shape index (κ2) is 7.38. The minimum atomic E-state index is -2.54. The Morgan fingerprint density at radius 2 is 1.87 bits per heavy atom. The first-order valence-corrected chi connectivity index (χ1v) is 11.5.